The Hall–Kier alpha value is -1.65. The molecule has 3 nitrogen and oxygen atoms in total. The van der Waals surface area contributed by atoms with Crippen LogP contribution in [0.4, 0.5) is 0 Å². The van der Waals surface area contributed by atoms with Gasteiger partial charge in [-0.3, -0.25) is 9.69 Å². The number of carbonyl (C=O) groups is 1. The summed E-state index contributed by atoms with van der Waals surface area (Å²) in [6.45, 7) is 3.81. The van der Waals surface area contributed by atoms with Gasteiger partial charge in [0.15, 0.2) is 0 Å². The van der Waals surface area contributed by atoms with Gasteiger partial charge in [-0.15, -0.1) is 11.3 Å². The molecule has 1 aliphatic heterocycles. The lowest BCUT2D eigenvalue weighted by Crippen LogP contribution is -2.38. The first-order valence-electron chi connectivity index (χ1n) is 7.73. The van der Waals surface area contributed by atoms with Crippen molar-refractivity contribution in [3.63, 3.8) is 0 Å². The summed E-state index contributed by atoms with van der Waals surface area (Å²) in [7, 11) is 0. The molecule has 22 heavy (non-hydrogen) atoms. The molecule has 0 bridgehead atoms. The molecule has 0 radical (unpaired) electrons. The fraction of sp³-hybridized carbons (Fsp3) is 0.389. The second-order valence-electron chi connectivity index (χ2n) is 5.91. The van der Waals surface area contributed by atoms with Crippen LogP contribution in [0.25, 0.3) is 0 Å². The maximum Gasteiger partial charge on any atom is 0.306 e. The van der Waals surface area contributed by atoms with Crippen molar-refractivity contribution in [3.05, 3.63) is 57.8 Å². The lowest BCUT2D eigenvalue weighted by atomic mass is 9.94. The molecule has 1 unspecified atom stereocenters. The summed E-state index contributed by atoms with van der Waals surface area (Å²) in [5.41, 5.74) is 1.29. The number of benzene rings is 1. The summed E-state index contributed by atoms with van der Waals surface area (Å²) in [4.78, 5) is 16.2. The fourth-order valence-electron chi connectivity index (χ4n) is 3.20. The maximum atomic E-state index is 11.2. The fourth-order valence-corrected chi connectivity index (χ4v) is 4.24. The van der Waals surface area contributed by atoms with E-state index in [0.29, 0.717) is 0 Å². The Labute approximate surface area is 135 Å². The number of carboxylic acid groups (broad SMARTS) is 1. The number of aliphatic carboxylic acids is 1. The largest absolute Gasteiger partial charge is 0.481 e. The molecule has 1 saturated heterocycles. The van der Waals surface area contributed by atoms with Crippen molar-refractivity contribution in [3.8, 4) is 0 Å². The number of nitrogens with zero attached hydrogens (tertiary/aromatic N) is 1. The topological polar surface area (TPSA) is 40.5 Å². The van der Waals surface area contributed by atoms with E-state index in [9.17, 15) is 9.90 Å². The van der Waals surface area contributed by atoms with Crippen LogP contribution in [-0.4, -0.2) is 29.1 Å². The van der Waals surface area contributed by atoms with E-state index in [-0.39, 0.29) is 12.0 Å². The molecular formula is C18H21NO2S. The highest BCUT2D eigenvalue weighted by molar-refractivity contribution is 7.12. The molecule has 0 aliphatic carbocycles. The Kier molecular flexibility index (Phi) is 4.60. The molecule has 116 valence electrons. The second-order valence-corrected chi connectivity index (χ2v) is 7.23. The number of piperidine rings is 1. The minimum Gasteiger partial charge on any atom is -0.481 e. The van der Waals surface area contributed by atoms with Crippen molar-refractivity contribution >= 4 is 17.3 Å². The van der Waals surface area contributed by atoms with Gasteiger partial charge >= 0.3 is 5.97 Å². The highest BCUT2D eigenvalue weighted by Gasteiger charge is 2.30. The van der Waals surface area contributed by atoms with Gasteiger partial charge in [-0.25, -0.2) is 0 Å². The molecule has 1 atom stereocenters. The van der Waals surface area contributed by atoms with Crippen LogP contribution in [0, 0.1) is 12.8 Å². The molecule has 2 aromatic rings. The number of thiophene rings is 1. The Bertz CT molecular complexity index is 630. The second kappa shape index (κ2) is 6.63. The minimum absolute atomic E-state index is 0.183. The summed E-state index contributed by atoms with van der Waals surface area (Å²) in [6.07, 6.45) is 1.48. The van der Waals surface area contributed by atoms with Gasteiger partial charge < -0.3 is 5.11 Å². The summed E-state index contributed by atoms with van der Waals surface area (Å²) < 4.78 is 0. The average molecular weight is 315 g/mol. The quantitative estimate of drug-likeness (QED) is 0.929. The van der Waals surface area contributed by atoms with Gasteiger partial charge in [0.25, 0.3) is 0 Å². The molecule has 1 aromatic heterocycles. The van der Waals surface area contributed by atoms with Gasteiger partial charge in [0.1, 0.15) is 0 Å². The van der Waals surface area contributed by atoms with Crippen molar-refractivity contribution in [1.29, 1.82) is 0 Å². The normalized spacial score (nSPS) is 18.2. The van der Waals surface area contributed by atoms with Crippen LogP contribution >= 0.6 is 11.3 Å². The highest BCUT2D eigenvalue weighted by Crippen LogP contribution is 2.35. The van der Waals surface area contributed by atoms with Gasteiger partial charge in [0.05, 0.1) is 12.0 Å². The number of carboxylic acids is 1. The monoisotopic (exact) mass is 315 g/mol. The van der Waals surface area contributed by atoms with E-state index >= 15 is 0 Å². The van der Waals surface area contributed by atoms with E-state index in [1.165, 1.54) is 15.3 Å². The Morgan fingerprint density at radius 1 is 1.18 bits per heavy atom. The Morgan fingerprint density at radius 3 is 2.41 bits per heavy atom. The zero-order chi connectivity index (χ0) is 15.5. The summed E-state index contributed by atoms with van der Waals surface area (Å²) in [6, 6.07) is 15.2. The molecule has 0 saturated carbocycles. The van der Waals surface area contributed by atoms with Gasteiger partial charge in [-0.2, -0.15) is 0 Å². The number of hydrogen-bond donors (Lipinski definition) is 1. The van der Waals surface area contributed by atoms with Gasteiger partial charge in [-0.05, 0) is 50.6 Å². The molecule has 1 fully saturated rings. The average Bonchev–Trinajstić information content (AvgIpc) is 2.95. The third-order valence-corrected chi connectivity index (χ3v) is 5.44. The van der Waals surface area contributed by atoms with Crippen molar-refractivity contribution in [1.82, 2.24) is 4.90 Å². The Morgan fingerprint density at radius 2 is 1.86 bits per heavy atom. The molecular weight excluding hydrogens is 294 g/mol. The van der Waals surface area contributed by atoms with Crippen LogP contribution in [0.1, 0.15) is 34.2 Å². The molecule has 2 heterocycles. The van der Waals surface area contributed by atoms with Crippen molar-refractivity contribution in [2.24, 2.45) is 5.92 Å². The molecule has 3 rings (SSSR count). The summed E-state index contributed by atoms with van der Waals surface area (Å²) in [5.74, 6) is -0.833. The number of hydrogen-bond acceptors (Lipinski definition) is 3. The van der Waals surface area contributed by atoms with Crippen molar-refractivity contribution in [2.75, 3.05) is 13.1 Å². The first-order valence-corrected chi connectivity index (χ1v) is 8.55. The maximum absolute atomic E-state index is 11.2. The van der Waals surface area contributed by atoms with Crippen LogP contribution in [0.3, 0.4) is 0 Å². The minimum atomic E-state index is -0.650. The van der Waals surface area contributed by atoms with Gasteiger partial charge in [-0.1, -0.05) is 30.3 Å². The SMILES string of the molecule is Cc1ccc(C(c2ccccc2)N2CCC(C(=O)O)CC2)s1. The third kappa shape index (κ3) is 3.23. The highest BCUT2D eigenvalue weighted by atomic mass is 32.1. The predicted molar refractivity (Wildman–Crippen MR) is 89.3 cm³/mol. The van der Waals surface area contributed by atoms with Crippen molar-refractivity contribution in [2.45, 2.75) is 25.8 Å². The molecule has 0 amide bonds. The third-order valence-electron chi connectivity index (χ3n) is 4.39. The zero-order valence-electron chi connectivity index (χ0n) is 12.7. The standard InChI is InChI=1S/C18H21NO2S/c1-13-7-8-16(22-13)17(14-5-3-2-4-6-14)19-11-9-15(10-12-19)18(20)21/h2-8,15,17H,9-12H2,1H3,(H,20,21). The van der Waals surface area contributed by atoms with E-state index in [1.54, 1.807) is 0 Å². The molecule has 1 N–H and O–H groups in total. The number of rotatable bonds is 4. The van der Waals surface area contributed by atoms with Crippen LogP contribution < -0.4 is 0 Å². The molecule has 1 aromatic carbocycles. The molecule has 1 aliphatic rings. The van der Waals surface area contributed by atoms with Crippen LogP contribution in [-0.2, 0) is 4.79 Å². The Balaban J connectivity index is 1.85. The van der Waals surface area contributed by atoms with Crippen molar-refractivity contribution < 1.29 is 9.90 Å². The van der Waals surface area contributed by atoms with E-state index in [0.717, 1.165) is 25.9 Å². The smallest absolute Gasteiger partial charge is 0.306 e. The zero-order valence-corrected chi connectivity index (χ0v) is 13.6. The number of likely N-dealkylation sites (tertiary alicyclic amines) is 1. The van der Waals surface area contributed by atoms with E-state index in [1.807, 2.05) is 17.4 Å². The van der Waals surface area contributed by atoms with E-state index in [2.05, 4.69) is 48.2 Å². The van der Waals surface area contributed by atoms with E-state index < -0.39 is 5.97 Å². The van der Waals surface area contributed by atoms with Crippen LogP contribution in [0.15, 0.2) is 42.5 Å². The molecule has 0 spiro atoms. The lowest BCUT2D eigenvalue weighted by molar-refractivity contribution is -0.143. The van der Waals surface area contributed by atoms with Crippen LogP contribution in [0.2, 0.25) is 0 Å². The first-order chi connectivity index (χ1) is 10.6. The van der Waals surface area contributed by atoms with E-state index in [4.69, 9.17) is 0 Å². The molecule has 4 heteroatoms. The predicted octanol–water partition coefficient (Wildman–Crippen LogP) is 3.94. The van der Waals surface area contributed by atoms with Gasteiger partial charge in [0, 0.05) is 9.75 Å². The number of aryl methyl sites for hydroxylation is 1. The van der Waals surface area contributed by atoms with Crippen LogP contribution in [0.5, 0.6) is 0 Å². The summed E-state index contributed by atoms with van der Waals surface area (Å²) >= 11 is 1.83. The summed E-state index contributed by atoms with van der Waals surface area (Å²) in [5, 5.41) is 9.18. The first kappa shape index (κ1) is 15.3. The lowest BCUT2D eigenvalue weighted by Gasteiger charge is -2.36. The van der Waals surface area contributed by atoms with Gasteiger partial charge in [0.2, 0.25) is 0 Å².